The Morgan fingerprint density at radius 3 is 2.14 bits per heavy atom. The van der Waals surface area contributed by atoms with Crippen molar-refractivity contribution < 1.29 is 23.9 Å². The number of nitrogens with zero attached hydrogens (tertiary/aromatic N) is 1. The highest BCUT2D eigenvalue weighted by molar-refractivity contribution is 6.18. The number of ether oxygens (including phenoxy) is 2. The molecule has 8 nitrogen and oxygen atoms in total. The van der Waals surface area contributed by atoms with Gasteiger partial charge >= 0.3 is 12.2 Å². The number of nitrogens with one attached hydrogen (secondary N) is 2. The second kappa shape index (κ2) is 15.0. The molecule has 1 fully saturated rings. The van der Waals surface area contributed by atoms with Crippen molar-refractivity contribution in [3.63, 3.8) is 0 Å². The number of carbonyl (C=O) groups excluding carboxylic acids is 3. The molecule has 194 valence electrons. The molecule has 1 heterocycles. The van der Waals surface area contributed by atoms with E-state index in [1.807, 2.05) is 60.7 Å². The summed E-state index contributed by atoms with van der Waals surface area (Å²) in [4.78, 5) is 39.4. The molecule has 1 unspecified atom stereocenters. The first-order valence-corrected chi connectivity index (χ1v) is 12.9. The Morgan fingerprint density at radius 1 is 0.917 bits per heavy atom. The van der Waals surface area contributed by atoms with Gasteiger partial charge in [-0.15, -0.1) is 11.6 Å². The van der Waals surface area contributed by atoms with E-state index in [0.29, 0.717) is 38.2 Å². The van der Waals surface area contributed by atoms with E-state index in [4.69, 9.17) is 21.1 Å². The Kier molecular flexibility index (Phi) is 11.4. The van der Waals surface area contributed by atoms with Crippen molar-refractivity contribution >= 4 is 29.7 Å². The Labute approximate surface area is 217 Å². The number of benzene rings is 2. The van der Waals surface area contributed by atoms with E-state index >= 15 is 0 Å². The summed E-state index contributed by atoms with van der Waals surface area (Å²) in [6.45, 7) is 1.36. The van der Waals surface area contributed by atoms with Gasteiger partial charge in [-0.3, -0.25) is 4.79 Å². The summed E-state index contributed by atoms with van der Waals surface area (Å²) in [5, 5.41) is 5.46. The second-order valence-electron chi connectivity index (χ2n) is 8.72. The Hall–Kier alpha value is -3.26. The summed E-state index contributed by atoms with van der Waals surface area (Å²) in [6.07, 6.45) is 2.29. The average Bonchev–Trinajstić information content (AvgIpc) is 3.40. The van der Waals surface area contributed by atoms with Crippen molar-refractivity contribution in [1.82, 2.24) is 15.5 Å². The number of likely N-dealkylation sites (tertiary alicyclic amines) is 1. The lowest BCUT2D eigenvalue weighted by Gasteiger charge is -2.28. The quantitative estimate of drug-likeness (QED) is 0.318. The Morgan fingerprint density at radius 2 is 1.53 bits per heavy atom. The number of alkyl carbamates (subject to hydrolysis) is 2. The van der Waals surface area contributed by atoms with E-state index in [2.05, 4.69) is 10.6 Å². The van der Waals surface area contributed by atoms with Crippen molar-refractivity contribution in [3.05, 3.63) is 71.8 Å². The minimum Gasteiger partial charge on any atom is -0.445 e. The maximum atomic E-state index is 13.2. The highest BCUT2D eigenvalue weighted by Gasteiger charge is 2.33. The number of amides is 3. The third-order valence-corrected chi connectivity index (χ3v) is 6.40. The van der Waals surface area contributed by atoms with E-state index in [9.17, 15) is 14.4 Å². The van der Waals surface area contributed by atoms with Gasteiger partial charge in [0.1, 0.15) is 19.3 Å². The molecule has 2 aromatic rings. The summed E-state index contributed by atoms with van der Waals surface area (Å²) in [5.74, 6) is 0.219. The standard InChI is InChI=1S/C27H34ClN3O5/c28-18-23-14-9-17-31(23)25(32)24(30-27(34)36-20-22-12-5-2-6-13-22)15-7-8-16-29-26(33)35-19-21-10-3-1-4-11-21/h1-6,10-13,23-24H,7-9,14-20H2,(H,29,33)(H,30,34)/t23?,24-/m0/s1. The van der Waals surface area contributed by atoms with E-state index in [-0.39, 0.29) is 25.2 Å². The van der Waals surface area contributed by atoms with Crippen LogP contribution in [0.4, 0.5) is 9.59 Å². The number of rotatable bonds is 12. The number of halogens is 1. The number of unbranched alkanes of at least 4 members (excludes halogenated alkanes) is 1. The Bertz CT molecular complexity index is 960. The molecule has 2 aromatic carbocycles. The van der Waals surface area contributed by atoms with Crippen LogP contribution in [0.3, 0.4) is 0 Å². The molecule has 2 N–H and O–H groups in total. The van der Waals surface area contributed by atoms with Crippen LogP contribution in [0.25, 0.3) is 0 Å². The van der Waals surface area contributed by atoms with E-state index in [0.717, 1.165) is 24.0 Å². The SMILES string of the molecule is O=C(NCCCC[C@H](NC(=O)OCc1ccccc1)C(=O)N1CCCC1CCl)OCc1ccccc1. The molecule has 0 spiro atoms. The predicted octanol–water partition coefficient (Wildman–Crippen LogP) is 4.61. The van der Waals surface area contributed by atoms with E-state index in [1.165, 1.54) is 0 Å². The molecule has 0 aliphatic carbocycles. The van der Waals surface area contributed by atoms with Gasteiger partial charge in [0, 0.05) is 25.0 Å². The average molecular weight is 516 g/mol. The van der Waals surface area contributed by atoms with Crippen LogP contribution in [0.2, 0.25) is 0 Å². The van der Waals surface area contributed by atoms with Crippen LogP contribution in [0.1, 0.15) is 43.2 Å². The number of alkyl halides is 1. The fourth-order valence-corrected chi connectivity index (χ4v) is 4.41. The predicted molar refractivity (Wildman–Crippen MR) is 137 cm³/mol. The molecule has 3 amide bonds. The highest BCUT2D eigenvalue weighted by atomic mass is 35.5. The molecule has 9 heteroatoms. The molecule has 36 heavy (non-hydrogen) atoms. The van der Waals surface area contributed by atoms with Crippen molar-refractivity contribution in [2.24, 2.45) is 0 Å². The lowest BCUT2D eigenvalue weighted by molar-refractivity contribution is -0.134. The number of carbonyl (C=O) groups is 3. The van der Waals surface area contributed by atoms with Gasteiger partial charge in [0.25, 0.3) is 0 Å². The normalized spacial score (nSPS) is 15.7. The zero-order valence-electron chi connectivity index (χ0n) is 20.4. The first kappa shape index (κ1) is 27.3. The van der Waals surface area contributed by atoms with Crippen molar-refractivity contribution in [2.45, 2.75) is 57.4 Å². The molecule has 0 radical (unpaired) electrons. The molecule has 1 aliphatic heterocycles. The summed E-state index contributed by atoms with van der Waals surface area (Å²) < 4.78 is 10.5. The third kappa shape index (κ3) is 9.07. The van der Waals surface area contributed by atoms with Gasteiger partial charge < -0.3 is 25.0 Å². The molecule has 0 aromatic heterocycles. The van der Waals surface area contributed by atoms with Gasteiger partial charge in [0.05, 0.1) is 0 Å². The third-order valence-electron chi connectivity index (χ3n) is 6.04. The second-order valence-corrected chi connectivity index (χ2v) is 9.03. The van der Waals surface area contributed by atoms with E-state index in [1.54, 1.807) is 4.90 Å². The van der Waals surface area contributed by atoms with Crippen LogP contribution in [0.5, 0.6) is 0 Å². The molecular formula is C27H34ClN3O5. The summed E-state index contributed by atoms with van der Waals surface area (Å²) in [7, 11) is 0. The number of hydrogen-bond acceptors (Lipinski definition) is 5. The van der Waals surface area contributed by atoms with Crippen LogP contribution >= 0.6 is 11.6 Å². The van der Waals surface area contributed by atoms with Crippen LogP contribution in [0.15, 0.2) is 60.7 Å². The van der Waals surface area contributed by atoms with Crippen molar-refractivity contribution in [3.8, 4) is 0 Å². The van der Waals surface area contributed by atoms with Crippen molar-refractivity contribution in [1.29, 1.82) is 0 Å². The minimum absolute atomic E-state index is 0.0233. The molecule has 0 bridgehead atoms. The minimum atomic E-state index is -0.720. The van der Waals surface area contributed by atoms with Crippen LogP contribution in [-0.2, 0) is 27.5 Å². The van der Waals surface area contributed by atoms with Gasteiger partial charge in [0.15, 0.2) is 0 Å². The number of hydrogen-bond donors (Lipinski definition) is 2. The first-order chi connectivity index (χ1) is 17.6. The van der Waals surface area contributed by atoms with Crippen LogP contribution in [0, 0.1) is 0 Å². The fourth-order valence-electron chi connectivity index (χ4n) is 4.09. The molecule has 1 saturated heterocycles. The molecule has 3 rings (SSSR count). The maximum absolute atomic E-state index is 13.2. The smallest absolute Gasteiger partial charge is 0.408 e. The Balaban J connectivity index is 1.44. The highest BCUT2D eigenvalue weighted by Crippen LogP contribution is 2.20. The van der Waals surface area contributed by atoms with Gasteiger partial charge in [0.2, 0.25) is 5.91 Å². The van der Waals surface area contributed by atoms with Gasteiger partial charge in [-0.05, 0) is 43.2 Å². The topological polar surface area (TPSA) is 97.0 Å². The van der Waals surface area contributed by atoms with Crippen LogP contribution < -0.4 is 10.6 Å². The lowest BCUT2D eigenvalue weighted by Crippen LogP contribution is -2.50. The maximum Gasteiger partial charge on any atom is 0.408 e. The van der Waals surface area contributed by atoms with Gasteiger partial charge in [-0.2, -0.15) is 0 Å². The lowest BCUT2D eigenvalue weighted by atomic mass is 10.1. The first-order valence-electron chi connectivity index (χ1n) is 12.3. The largest absolute Gasteiger partial charge is 0.445 e. The van der Waals surface area contributed by atoms with Gasteiger partial charge in [-0.1, -0.05) is 60.7 Å². The van der Waals surface area contributed by atoms with Gasteiger partial charge in [-0.25, -0.2) is 9.59 Å². The fraction of sp³-hybridized carbons (Fsp3) is 0.444. The summed E-state index contributed by atoms with van der Waals surface area (Å²) in [5.41, 5.74) is 1.78. The molecular weight excluding hydrogens is 482 g/mol. The van der Waals surface area contributed by atoms with Crippen LogP contribution in [-0.4, -0.2) is 54.0 Å². The van der Waals surface area contributed by atoms with E-state index < -0.39 is 18.2 Å². The van der Waals surface area contributed by atoms with Crippen molar-refractivity contribution in [2.75, 3.05) is 19.0 Å². The molecule has 1 aliphatic rings. The summed E-state index contributed by atoms with van der Waals surface area (Å²) in [6, 6.07) is 18.1. The zero-order chi connectivity index (χ0) is 25.6. The summed E-state index contributed by atoms with van der Waals surface area (Å²) >= 11 is 6.06. The zero-order valence-corrected chi connectivity index (χ0v) is 21.1. The molecule has 0 saturated carbocycles. The monoisotopic (exact) mass is 515 g/mol. The molecule has 2 atom stereocenters.